The number of thioether (sulfide) groups is 1. The second-order valence-corrected chi connectivity index (χ2v) is 9.07. The molecule has 156 valence electrons. The number of benzene rings is 1. The van der Waals surface area contributed by atoms with Gasteiger partial charge in [0.25, 0.3) is 5.91 Å². The molecule has 1 unspecified atom stereocenters. The van der Waals surface area contributed by atoms with Gasteiger partial charge in [-0.15, -0.1) is 11.8 Å². The van der Waals surface area contributed by atoms with E-state index in [0.717, 1.165) is 12.1 Å². The van der Waals surface area contributed by atoms with Crippen molar-refractivity contribution < 1.29 is 22.8 Å². The van der Waals surface area contributed by atoms with E-state index in [2.05, 4.69) is 5.32 Å². The van der Waals surface area contributed by atoms with Gasteiger partial charge in [-0.1, -0.05) is 6.92 Å². The molecule has 1 N–H and O–H groups in total. The molecule has 1 atom stereocenters. The van der Waals surface area contributed by atoms with Crippen molar-refractivity contribution >= 4 is 40.6 Å². The first-order valence-electron chi connectivity index (χ1n) is 9.24. The van der Waals surface area contributed by atoms with Crippen LogP contribution in [0.15, 0.2) is 39.9 Å². The van der Waals surface area contributed by atoms with Gasteiger partial charge in [-0.25, -0.2) is 0 Å². The molecule has 0 aliphatic carbocycles. The lowest BCUT2D eigenvalue weighted by Gasteiger charge is -2.23. The zero-order valence-corrected chi connectivity index (χ0v) is 17.4. The molecule has 2 heterocycles. The van der Waals surface area contributed by atoms with Crippen molar-refractivity contribution in [2.45, 2.75) is 42.5 Å². The Morgan fingerprint density at radius 3 is 2.76 bits per heavy atom. The molecule has 2 amide bonds. The molecule has 2 aromatic rings. The Bertz CT molecular complexity index is 869. The van der Waals surface area contributed by atoms with Gasteiger partial charge < -0.3 is 10.2 Å². The monoisotopic (exact) mass is 442 g/mol. The number of carbonyl (C=O) groups excluding carboxylic acids is 2. The Labute approximate surface area is 175 Å². The number of nitrogens with one attached hydrogen (secondary N) is 1. The van der Waals surface area contributed by atoms with Crippen molar-refractivity contribution in [1.82, 2.24) is 5.32 Å². The fourth-order valence-corrected chi connectivity index (χ4v) is 4.77. The number of alkyl halides is 3. The van der Waals surface area contributed by atoms with Crippen LogP contribution in [-0.2, 0) is 11.0 Å². The van der Waals surface area contributed by atoms with Gasteiger partial charge in [0.2, 0.25) is 5.91 Å². The maximum absolute atomic E-state index is 13.2. The summed E-state index contributed by atoms with van der Waals surface area (Å²) in [5, 5.41) is 6.51. The van der Waals surface area contributed by atoms with Gasteiger partial charge in [-0.2, -0.15) is 24.5 Å². The molecule has 0 radical (unpaired) electrons. The quantitative estimate of drug-likeness (QED) is 0.648. The normalized spacial score (nSPS) is 16.8. The second-order valence-electron chi connectivity index (χ2n) is 6.81. The lowest BCUT2D eigenvalue weighted by Crippen LogP contribution is -2.33. The summed E-state index contributed by atoms with van der Waals surface area (Å²) in [4.78, 5) is 26.8. The molecule has 29 heavy (non-hydrogen) atoms. The van der Waals surface area contributed by atoms with E-state index in [0.29, 0.717) is 42.1 Å². The van der Waals surface area contributed by atoms with Crippen molar-refractivity contribution in [3.63, 3.8) is 0 Å². The van der Waals surface area contributed by atoms with Crippen molar-refractivity contribution in [2.24, 2.45) is 0 Å². The van der Waals surface area contributed by atoms with E-state index in [1.54, 1.807) is 11.4 Å². The minimum atomic E-state index is -4.46. The molecule has 4 nitrogen and oxygen atoms in total. The first-order chi connectivity index (χ1) is 13.8. The minimum Gasteiger partial charge on any atom is -0.352 e. The molecule has 9 heteroatoms. The van der Waals surface area contributed by atoms with E-state index in [9.17, 15) is 22.8 Å². The van der Waals surface area contributed by atoms with Crippen LogP contribution in [0, 0.1) is 0 Å². The molecule has 3 rings (SSSR count). The Kier molecular flexibility index (Phi) is 6.89. The molecule has 0 spiro atoms. The topological polar surface area (TPSA) is 49.4 Å². The largest absolute Gasteiger partial charge is 0.416 e. The van der Waals surface area contributed by atoms with Crippen molar-refractivity contribution in [3.8, 4) is 0 Å². The summed E-state index contributed by atoms with van der Waals surface area (Å²) >= 11 is 2.91. The van der Waals surface area contributed by atoms with Crippen LogP contribution in [0.2, 0.25) is 0 Å². The highest BCUT2D eigenvalue weighted by Crippen LogP contribution is 2.41. The smallest absolute Gasteiger partial charge is 0.352 e. The van der Waals surface area contributed by atoms with E-state index < -0.39 is 11.7 Å². The molecule has 0 saturated carbocycles. The van der Waals surface area contributed by atoms with Crippen LogP contribution in [0.4, 0.5) is 18.9 Å². The number of anilines is 1. The van der Waals surface area contributed by atoms with Crippen molar-refractivity contribution in [3.05, 3.63) is 46.2 Å². The molecule has 0 bridgehead atoms. The first kappa shape index (κ1) is 21.7. The van der Waals surface area contributed by atoms with Gasteiger partial charge in [0.1, 0.15) is 0 Å². The van der Waals surface area contributed by atoms with E-state index in [1.165, 1.54) is 34.1 Å². The fourth-order valence-electron chi connectivity index (χ4n) is 3.04. The average molecular weight is 443 g/mol. The van der Waals surface area contributed by atoms with Crippen LogP contribution in [0.1, 0.15) is 42.1 Å². The molecular weight excluding hydrogens is 421 g/mol. The van der Waals surface area contributed by atoms with Crippen LogP contribution in [0.5, 0.6) is 0 Å². The third-order valence-electron chi connectivity index (χ3n) is 4.60. The lowest BCUT2D eigenvalue weighted by atomic mass is 10.1. The van der Waals surface area contributed by atoms with E-state index in [1.807, 2.05) is 12.3 Å². The van der Waals surface area contributed by atoms with Gasteiger partial charge in [0, 0.05) is 40.6 Å². The lowest BCUT2D eigenvalue weighted by molar-refractivity contribution is -0.137. The number of nitrogens with zero attached hydrogens (tertiary/aromatic N) is 1. The van der Waals surface area contributed by atoms with Gasteiger partial charge in [-0.3, -0.25) is 9.59 Å². The number of halogens is 3. The van der Waals surface area contributed by atoms with Gasteiger partial charge in [0.05, 0.1) is 11.3 Å². The highest BCUT2D eigenvalue weighted by Gasteiger charge is 2.33. The Morgan fingerprint density at radius 1 is 1.28 bits per heavy atom. The number of hydrogen-bond acceptors (Lipinski definition) is 4. The van der Waals surface area contributed by atoms with E-state index >= 15 is 0 Å². The molecule has 1 aliphatic heterocycles. The third kappa shape index (κ3) is 5.54. The Morgan fingerprint density at radius 2 is 2.07 bits per heavy atom. The highest BCUT2D eigenvalue weighted by atomic mass is 32.2. The Balaban J connectivity index is 1.66. The average Bonchev–Trinajstić information content (AvgIpc) is 3.14. The fraction of sp³-hybridized carbons (Fsp3) is 0.400. The summed E-state index contributed by atoms with van der Waals surface area (Å²) in [5.74, 6) is -0.427. The highest BCUT2D eigenvalue weighted by molar-refractivity contribution is 8.00. The second kappa shape index (κ2) is 9.21. The van der Waals surface area contributed by atoms with Crippen molar-refractivity contribution in [2.75, 3.05) is 18.0 Å². The maximum atomic E-state index is 13.2. The summed E-state index contributed by atoms with van der Waals surface area (Å²) in [6.45, 7) is 2.71. The minimum absolute atomic E-state index is 0.151. The molecular formula is C20H21F3N2O2S2. The zero-order chi connectivity index (χ0) is 21.0. The van der Waals surface area contributed by atoms with Crippen LogP contribution in [-0.4, -0.2) is 30.2 Å². The maximum Gasteiger partial charge on any atom is 0.416 e. The molecule has 1 aliphatic rings. The van der Waals surface area contributed by atoms with Crippen molar-refractivity contribution in [1.29, 1.82) is 0 Å². The SMILES string of the molecule is CC1CCN(C(=O)CCCNC(=O)c2ccsc2)c2cc(C(F)(F)F)ccc2S1. The number of amides is 2. The van der Waals surface area contributed by atoms with Crippen LogP contribution in [0.3, 0.4) is 0 Å². The predicted molar refractivity (Wildman–Crippen MR) is 110 cm³/mol. The summed E-state index contributed by atoms with van der Waals surface area (Å²) in [6.07, 6.45) is -3.19. The summed E-state index contributed by atoms with van der Waals surface area (Å²) in [7, 11) is 0. The predicted octanol–water partition coefficient (Wildman–Crippen LogP) is 5.19. The van der Waals surface area contributed by atoms with Crippen LogP contribution < -0.4 is 10.2 Å². The molecule has 1 aromatic heterocycles. The standard InChI is InChI=1S/C20H21F3N2O2S2/c1-13-6-9-25(16-11-15(20(21,22)23)4-5-17(16)29-13)18(26)3-2-8-24-19(27)14-7-10-28-12-14/h4-5,7,10-13H,2-3,6,8-9H2,1H3,(H,24,27). The van der Waals surface area contributed by atoms with E-state index in [-0.39, 0.29) is 23.5 Å². The van der Waals surface area contributed by atoms with Gasteiger partial charge >= 0.3 is 6.18 Å². The summed E-state index contributed by atoms with van der Waals surface area (Å²) < 4.78 is 39.5. The number of fused-ring (bicyclic) bond motifs is 1. The van der Waals surface area contributed by atoms with E-state index in [4.69, 9.17) is 0 Å². The zero-order valence-electron chi connectivity index (χ0n) is 15.8. The van der Waals surface area contributed by atoms with Crippen LogP contribution >= 0.6 is 23.1 Å². The van der Waals surface area contributed by atoms with Gasteiger partial charge in [0.15, 0.2) is 0 Å². The summed E-state index contributed by atoms with van der Waals surface area (Å²) in [5.41, 5.74) is 0.141. The molecule has 1 aromatic carbocycles. The van der Waals surface area contributed by atoms with Gasteiger partial charge in [-0.05, 0) is 42.5 Å². The third-order valence-corrected chi connectivity index (χ3v) is 6.52. The number of carbonyl (C=O) groups is 2. The number of rotatable bonds is 5. The molecule has 0 fully saturated rings. The Hall–Kier alpha value is -2.00. The van der Waals surface area contributed by atoms with Crippen LogP contribution in [0.25, 0.3) is 0 Å². The first-order valence-corrected chi connectivity index (χ1v) is 11.1. The number of hydrogen-bond donors (Lipinski definition) is 1. The molecule has 0 saturated heterocycles. The summed E-state index contributed by atoms with van der Waals surface area (Å²) in [6, 6.07) is 5.30. The number of thiophene rings is 1.